The maximum absolute atomic E-state index is 4.51. The number of nitrogens with zero attached hydrogens (tertiary/aromatic N) is 2. The van der Waals surface area contributed by atoms with Gasteiger partial charge >= 0.3 is 0 Å². The van der Waals surface area contributed by atoms with Crippen molar-refractivity contribution in [3.63, 3.8) is 0 Å². The summed E-state index contributed by atoms with van der Waals surface area (Å²) in [6.07, 6.45) is 10.1. The van der Waals surface area contributed by atoms with E-state index in [0.29, 0.717) is 5.92 Å². The van der Waals surface area contributed by atoms with E-state index in [9.17, 15) is 0 Å². The highest BCUT2D eigenvalue weighted by Crippen LogP contribution is 2.39. The van der Waals surface area contributed by atoms with E-state index in [0.717, 1.165) is 18.3 Å². The van der Waals surface area contributed by atoms with E-state index in [1.54, 1.807) is 0 Å². The molecule has 0 amide bonds. The summed E-state index contributed by atoms with van der Waals surface area (Å²) in [6.45, 7) is 1.02. The minimum Gasteiger partial charge on any atom is -0.348 e. The van der Waals surface area contributed by atoms with Crippen molar-refractivity contribution in [2.24, 2.45) is 5.92 Å². The lowest BCUT2D eigenvalue weighted by Gasteiger charge is -2.33. The number of fused-ring (bicyclic) bond motifs is 1. The molecule has 1 N–H and O–H groups in total. The number of aromatic nitrogens is 3. The van der Waals surface area contributed by atoms with E-state index >= 15 is 0 Å². The Morgan fingerprint density at radius 1 is 1.25 bits per heavy atom. The first-order valence-electron chi connectivity index (χ1n) is 7.45. The molecule has 2 aromatic heterocycles. The van der Waals surface area contributed by atoms with Crippen LogP contribution in [0.4, 0.5) is 0 Å². The van der Waals surface area contributed by atoms with Crippen LogP contribution in [0, 0.1) is 5.92 Å². The third-order valence-electron chi connectivity index (χ3n) is 4.66. The summed E-state index contributed by atoms with van der Waals surface area (Å²) in [7, 11) is 0. The number of nitrogens with one attached hydrogen (secondary N) is 1. The number of rotatable bonds is 4. The molecule has 4 rings (SSSR count). The summed E-state index contributed by atoms with van der Waals surface area (Å²) in [5.74, 6) is 2.43. The van der Waals surface area contributed by atoms with Crippen LogP contribution in [0.5, 0.6) is 0 Å². The Morgan fingerprint density at radius 3 is 2.90 bits per heavy atom. The lowest BCUT2D eigenvalue weighted by Crippen LogP contribution is -2.25. The fraction of sp³-hybridized carbons (Fsp3) is 0.353. The second-order valence-electron chi connectivity index (χ2n) is 5.80. The van der Waals surface area contributed by atoms with Crippen molar-refractivity contribution in [3.05, 3.63) is 54.7 Å². The van der Waals surface area contributed by atoms with E-state index < -0.39 is 0 Å². The first kappa shape index (κ1) is 11.8. The van der Waals surface area contributed by atoms with Gasteiger partial charge in [-0.3, -0.25) is 0 Å². The van der Waals surface area contributed by atoms with Crippen molar-refractivity contribution in [2.45, 2.75) is 31.7 Å². The van der Waals surface area contributed by atoms with E-state index in [4.69, 9.17) is 0 Å². The Morgan fingerprint density at radius 2 is 2.15 bits per heavy atom. The van der Waals surface area contributed by atoms with E-state index in [1.165, 1.54) is 30.2 Å². The van der Waals surface area contributed by atoms with E-state index in [1.807, 2.05) is 12.4 Å². The van der Waals surface area contributed by atoms with Gasteiger partial charge in [0.15, 0.2) is 0 Å². The van der Waals surface area contributed by atoms with Crippen molar-refractivity contribution >= 4 is 10.9 Å². The zero-order chi connectivity index (χ0) is 13.4. The largest absolute Gasteiger partial charge is 0.348 e. The molecule has 1 atom stereocenters. The first-order valence-corrected chi connectivity index (χ1v) is 7.45. The van der Waals surface area contributed by atoms with Gasteiger partial charge in [0, 0.05) is 36.6 Å². The Balaban J connectivity index is 1.67. The van der Waals surface area contributed by atoms with Crippen LogP contribution >= 0.6 is 0 Å². The first-order chi connectivity index (χ1) is 9.92. The maximum Gasteiger partial charge on any atom is 0.111 e. The molecule has 20 heavy (non-hydrogen) atoms. The molecule has 0 radical (unpaired) electrons. The molecule has 2 heterocycles. The molecule has 0 bridgehead atoms. The second kappa shape index (κ2) is 4.82. The zero-order valence-corrected chi connectivity index (χ0v) is 11.5. The van der Waals surface area contributed by atoms with Crippen LogP contribution in [-0.4, -0.2) is 14.5 Å². The molecular formula is C17H19N3. The standard InChI is InChI=1S/C17H19N3/c1-2-7-16-14(4-1)8-11-20(16)12-15(13-5-3-6-13)17-18-9-10-19-17/h1-2,4,7-11,13,15H,3,5-6,12H2,(H,18,19). The highest BCUT2D eigenvalue weighted by Gasteiger charge is 2.30. The molecule has 3 nitrogen and oxygen atoms in total. The molecule has 1 aliphatic carbocycles. The highest BCUT2D eigenvalue weighted by molar-refractivity contribution is 5.79. The SMILES string of the molecule is c1ccc2c(c1)ccn2CC(c1ncc[nH]1)C1CCC1. The fourth-order valence-electron chi connectivity index (χ4n) is 3.29. The van der Waals surface area contributed by atoms with Crippen molar-refractivity contribution in [3.8, 4) is 0 Å². The predicted octanol–water partition coefficient (Wildman–Crippen LogP) is 3.95. The van der Waals surface area contributed by atoms with Crippen LogP contribution < -0.4 is 0 Å². The molecule has 3 heteroatoms. The molecule has 1 saturated carbocycles. The summed E-state index contributed by atoms with van der Waals surface area (Å²) < 4.78 is 2.38. The summed E-state index contributed by atoms with van der Waals surface area (Å²) in [4.78, 5) is 7.83. The molecular weight excluding hydrogens is 246 g/mol. The minimum atomic E-state index is 0.509. The lowest BCUT2D eigenvalue weighted by molar-refractivity contribution is 0.238. The van der Waals surface area contributed by atoms with Gasteiger partial charge in [0.2, 0.25) is 0 Å². The normalized spacial score (nSPS) is 17.2. The number of benzene rings is 1. The second-order valence-corrected chi connectivity index (χ2v) is 5.80. The van der Waals surface area contributed by atoms with Gasteiger partial charge in [-0.1, -0.05) is 24.6 Å². The van der Waals surface area contributed by atoms with Gasteiger partial charge in [-0.15, -0.1) is 0 Å². The molecule has 0 aliphatic heterocycles. The molecule has 1 aliphatic rings. The van der Waals surface area contributed by atoms with E-state index in [-0.39, 0.29) is 0 Å². The van der Waals surface area contributed by atoms with Crippen molar-refractivity contribution in [1.82, 2.24) is 14.5 Å². The van der Waals surface area contributed by atoms with Crippen LogP contribution in [0.2, 0.25) is 0 Å². The monoisotopic (exact) mass is 265 g/mol. The number of H-pyrrole nitrogens is 1. The van der Waals surface area contributed by atoms with Gasteiger partial charge in [0.05, 0.1) is 0 Å². The molecule has 102 valence electrons. The van der Waals surface area contributed by atoms with Crippen LogP contribution in [0.15, 0.2) is 48.9 Å². The van der Waals surface area contributed by atoms with Crippen LogP contribution in [-0.2, 0) is 6.54 Å². The Hall–Kier alpha value is -2.03. The number of imidazole rings is 1. The summed E-state index contributed by atoms with van der Waals surface area (Å²) in [5.41, 5.74) is 1.32. The van der Waals surface area contributed by atoms with Crippen LogP contribution in [0.1, 0.15) is 31.0 Å². The quantitative estimate of drug-likeness (QED) is 0.761. The van der Waals surface area contributed by atoms with Gasteiger partial charge in [-0.2, -0.15) is 0 Å². The predicted molar refractivity (Wildman–Crippen MR) is 80.6 cm³/mol. The number of para-hydroxylation sites is 1. The summed E-state index contributed by atoms with van der Waals surface area (Å²) in [5, 5.41) is 1.32. The molecule has 1 aromatic carbocycles. The summed E-state index contributed by atoms with van der Waals surface area (Å²) >= 11 is 0. The van der Waals surface area contributed by atoms with Gasteiger partial charge in [0.25, 0.3) is 0 Å². The highest BCUT2D eigenvalue weighted by atomic mass is 15.0. The van der Waals surface area contributed by atoms with E-state index in [2.05, 4.69) is 51.1 Å². The Labute approximate surface area is 118 Å². The molecule has 1 unspecified atom stereocenters. The molecule has 0 saturated heterocycles. The zero-order valence-electron chi connectivity index (χ0n) is 11.5. The third kappa shape index (κ3) is 1.94. The average molecular weight is 265 g/mol. The van der Waals surface area contributed by atoms with Crippen molar-refractivity contribution < 1.29 is 0 Å². The minimum absolute atomic E-state index is 0.509. The number of hydrogen-bond donors (Lipinski definition) is 1. The smallest absolute Gasteiger partial charge is 0.111 e. The fourth-order valence-corrected chi connectivity index (χ4v) is 3.29. The number of hydrogen-bond acceptors (Lipinski definition) is 1. The van der Waals surface area contributed by atoms with Gasteiger partial charge < -0.3 is 9.55 Å². The van der Waals surface area contributed by atoms with Crippen LogP contribution in [0.25, 0.3) is 10.9 Å². The molecule has 3 aromatic rings. The maximum atomic E-state index is 4.51. The van der Waals surface area contributed by atoms with Crippen LogP contribution in [0.3, 0.4) is 0 Å². The molecule has 1 fully saturated rings. The van der Waals surface area contributed by atoms with Gasteiger partial charge in [-0.25, -0.2) is 4.98 Å². The van der Waals surface area contributed by atoms with Gasteiger partial charge in [-0.05, 0) is 36.3 Å². The van der Waals surface area contributed by atoms with Gasteiger partial charge in [0.1, 0.15) is 5.82 Å². The Bertz CT molecular complexity index is 692. The summed E-state index contributed by atoms with van der Waals surface area (Å²) in [6, 6.07) is 10.8. The van der Waals surface area contributed by atoms with Crippen molar-refractivity contribution in [2.75, 3.05) is 0 Å². The topological polar surface area (TPSA) is 33.6 Å². The number of aromatic amines is 1. The Kier molecular flexibility index (Phi) is 2.84. The van der Waals surface area contributed by atoms with Crippen molar-refractivity contribution in [1.29, 1.82) is 0 Å². The average Bonchev–Trinajstić information content (AvgIpc) is 3.05. The lowest BCUT2D eigenvalue weighted by atomic mass is 9.75. The molecule has 0 spiro atoms. The third-order valence-corrected chi connectivity index (χ3v) is 4.66.